The van der Waals surface area contributed by atoms with Crippen LogP contribution in [0.4, 0.5) is 5.82 Å². The number of carboxylic acids is 1. The molecular formula is C13H19N3O2. The maximum absolute atomic E-state index is 10.5. The molecule has 2 heterocycles. The first-order valence-corrected chi connectivity index (χ1v) is 6.42. The second kappa shape index (κ2) is 5.80. The number of aromatic nitrogens is 2. The fraction of sp³-hybridized carbons (Fsp3) is 0.615. The average molecular weight is 249 g/mol. The van der Waals surface area contributed by atoms with Gasteiger partial charge >= 0.3 is 5.97 Å². The number of carboxylic acid groups (broad SMARTS) is 1. The van der Waals surface area contributed by atoms with Crippen molar-refractivity contribution >= 4 is 11.8 Å². The summed E-state index contributed by atoms with van der Waals surface area (Å²) < 4.78 is 0. The molecule has 5 heteroatoms. The molecule has 0 bridgehead atoms. The zero-order valence-electron chi connectivity index (χ0n) is 10.7. The maximum Gasteiger partial charge on any atom is 0.303 e. The van der Waals surface area contributed by atoms with Crippen LogP contribution in [0.1, 0.15) is 31.4 Å². The summed E-state index contributed by atoms with van der Waals surface area (Å²) in [5, 5.41) is 16.9. The molecule has 0 aliphatic carbocycles. The van der Waals surface area contributed by atoms with Gasteiger partial charge in [0.2, 0.25) is 0 Å². The van der Waals surface area contributed by atoms with Crippen LogP contribution in [-0.2, 0) is 4.79 Å². The number of aryl methyl sites for hydroxylation is 1. The van der Waals surface area contributed by atoms with Crippen molar-refractivity contribution in [3.63, 3.8) is 0 Å². The molecule has 98 valence electrons. The van der Waals surface area contributed by atoms with Gasteiger partial charge in [-0.2, -0.15) is 5.10 Å². The molecule has 5 nitrogen and oxygen atoms in total. The highest BCUT2D eigenvalue weighted by molar-refractivity contribution is 5.66. The fourth-order valence-corrected chi connectivity index (χ4v) is 2.34. The summed E-state index contributed by atoms with van der Waals surface area (Å²) in [6.07, 6.45) is 3.17. The Kier molecular flexibility index (Phi) is 4.12. The van der Waals surface area contributed by atoms with E-state index < -0.39 is 5.97 Å². The lowest BCUT2D eigenvalue weighted by molar-refractivity contribution is -0.137. The van der Waals surface area contributed by atoms with E-state index in [-0.39, 0.29) is 6.42 Å². The van der Waals surface area contributed by atoms with Gasteiger partial charge in [0.25, 0.3) is 0 Å². The van der Waals surface area contributed by atoms with Gasteiger partial charge in [0.1, 0.15) is 0 Å². The molecule has 0 amide bonds. The molecule has 1 aromatic rings. The number of anilines is 1. The van der Waals surface area contributed by atoms with Gasteiger partial charge in [-0.15, -0.1) is 5.10 Å². The molecule has 1 N–H and O–H groups in total. The molecule has 1 fully saturated rings. The van der Waals surface area contributed by atoms with Crippen LogP contribution in [0.3, 0.4) is 0 Å². The highest BCUT2D eigenvalue weighted by Gasteiger charge is 2.20. The molecule has 1 aromatic heterocycles. The van der Waals surface area contributed by atoms with E-state index in [1.165, 1.54) is 0 Å². The van der Waals surface area contributed by atoms with Crippen LogP contribution in [0.15, 0.2) is 12.1 Å². The molecule has 0 aromatic carbocycles. The largest absolute Gasteiger partial charge is 0.481 e. The predicted octanol–water partition coefficient (Wildman–Crippen LogP) is 1.87. The SMILES string of the molecule is Cc1ccc(N2CCC(CCC(=O)O)CC2)nn1. The summed E-state index contributed by atoms with van der Waals surface area (Å²) in [6, 6.07) is 3.97. The highest BCUT2D eigenvalue weighted by Crippen LogP contribution is 2.24. The zero-order valence-corrected chi connectivity index (χ0v) is 10.7. The first-order valence-electron chi connectivity index (χ1n) is 6.42. The van der Waals surface area contributed by atoms with Crippen LogP contribution in [-0.4, -0.2) is 34.4 Å². The number of aliphatic carboxylic acids is 1. The number of hydrogen-bond donors (Lipinski definition) is 1. The normalized spacial score (nSPS) is 16.8. The second-order valence-electron chi connectivity index (χ2n) is 4.90. The van der Waals surface area contributed by atoms with Crippen molar-refractivity contribution in [1.82, 2.24) is 10.2 Å². The van der Waals surface area contributed by atoms with E-state index in [0.717, 1.165) is 43.9 Å². The summed E-state index contributed by atoms with van der Waals surface area (Å²) in [4.78, 5) is 12.8. The van der Waals surface area contributed by atoms with E-state index >= 15 is 0 Å². The van der Waals surface area contributed by atoms with Gasteiger partial charge in [-0.25, -0.2) is 0 Å². The first-order chi connectivity index (χ1) is 8.65. The summed E-state index contributed by atoms with van der Waals surface area (Å²) in [5.41, 5.74) is 0.926. The Balaban J connectivity index is 1.83. The minimum atomic E-state index is -0.693. The number of hydrogen-bond acceptors (Lipinski definition) is 4. The van der Waals surface area contributed by atoms with Crippen LogP contribution in [0.25, 0.3) is 0 Å². The van der Waals surface area contributed by atoms with Gasteiger partial charge in [0, 0.05) is 19.5 Å². The average Bonchev–Trinajstić information content (AvgIpc) is 2.38. The van der Waals surface area contributed by atoms with Crippen LogP contribution >= 0.6 is 0 Å². The third-order valence-electron chi connectivity index (χ3n) is 3.49. The Bertz CT molecular complexity index is 397. The quantitative estimate of drug-likeness (QED) is 0.882. The van der Waals surface area contributed by atoms with Crippen molar-refractivity contribution in [2.24, 2.45) is 5.92 Å². The number of piperidine rings is 1. The molecule has 0 spiro atoms. The Hall–Kier alpha value is -1.65. The lowest BCUT2D eigenvalue weighted by Crippen LogP contribution is -2.34. The van der Waals surface area contributed by atoms with E-state index in [1.54, 1.807) is 0 Å². The Morgan fingerprint density at radius 2 is 2.11 bits per heavy atom. The highest BCUT2D eigenvalue weighted by atomic mass is 16.4. The van der Waals surface area contributed by atoms with Crippen molar-refractivity contribution in [3.8, 4) is 0 Å². The zero-order chi connectivity index (χ0) is 13.0. The van der Waals surface area contributed by atoms with E-state index in [2.05, 4.69) is 15.1 Å². The van der Waals surface area contributed by atoms with Crippen molar-refractivity contribution in [1.29, 1.82) is 0 Å². The molecule has 0 radical (unpaired) electrons. The molecule has 1 saturated heterocycles. The van der Waals surface area contributed by atoms with E-state index in [4.69, 9.17) is 5.11 Å². The van der Waals surface area contributed by atoms with E-state index in [9.17, 15) is 4.79 Å². The molecule has 1 aliphatic heterocycles. The minimum Gasteiger partial charge on any atom is -0.481 e. The number of rotatable bonds is 4. The lowest BCUT2D eigenvalue weighted by atomic mass is 9.92. The molecular weight excluding hydrogens is 230 g/mol. The van der Waals surface area contributed by atoms with Gasteiger partial charge in [-0.05, 0) is 44.2 Å². The van der Waals surface area contributed by atoms with Gasteiger partial charge in [-0.1, -0.05) is 0 Å². The first kappa shape index (κ1) is 12.8. The number of nitrogens with zero attached hydrogens (tertiary/aromatic N) is 3. The van der Waals surface area contributed by atoms with Gasteiger partial charge in [0.15, 0.2) is 5.82 Å². The minimum absolute atomic E-state index is 0.287. The fourth-order valence-electron chi connectivity index (χ4n) is 2.34. The van der Waals surface area contributed by atoms with E-state index in [1.807, 2.05) is 19.1 Å². The monoisotopic (exact) mass is 249 g/mol. The van der Waals surface area contributed by atoms with Crippen molar-refractivity contribution < 1.29 is 9.90 Å². The van der Waals surface area contributed by atoms with Gasteiger partial charge in [0.05, 0.1) is 5.69 Å². The van der Waals surface area contributed by atoms with Gasteiger partial charge in [-0.3, -0.25) is 4.79 Å². The summed E-state index contributed by atoms with van der Waals surface area (Å²) in [7, 11) is 0. The van der Waals surface area contributed by atoms with Crippen molar-refractivity contribution in [2.45, 2.75) is 32.6 Å². The Morgan fingerprint density at radius 3 is 2.67 bits per heavy atom. The second-order valence-corrected chi connectivity index (χ2v) is 4.90. The summed E-state index contributed by atoms with van der Waals surface area (Å²) in [6.45, 7) is 3.82. The van der Waals surface area contributed by atoms with Crippen LogP contribution in [0.2, 0.25) is 0 Å². The third kappa shape index (κ3) is 3.42. The van der Waals surface area contributed by atoms with Crippen LogP contribution < -0.4 is 4.90 Å². The molecule has 18 heavy (non-hydrogen) atoms. The smallest absolute Gasteiger partial charge is 0.303 e. The molecule has 2 rings (SSSR count). The van der Waals surface area contributed by atoms with Crippen molar-refractivity contribution in [2.75, 3.05) is 18.0 Å². The maximum atomic E-state index is 10.5. The van der Waals surface area contributed by atoms with E-state index in [0.29, 0.717) is 5.92 Å². The van der Waals surface area contributed by atoms with Crippen LogP contribution in [0.5, 0.6) is 0 Å². The lowest BCUT2D eigenvalue weighted by Gasteiger charge is -2.32. The van der Waals surface area contributed by atoms with Crippen molar-refractivity contribution in [3.05, 3.63) is 17.8 Å². The molecule has 0 saturated carbocycles. The third-order valence-corrected chi connectivity index (χ3v) is 3.49. The number of carbonyl (C=O) groups is 1. The van der Waals surface area contributed by atoms with Gasteiger partial charge < -0.3 is 10.0 Å². The standard InChI is InChI=1S/C13H19N3O2/c1-10-2-4-12(15-14-10)16-8-6-11(7-9-16)3-5-13(17)18/h2,4,11H,3,5-9H2,1H3,(H,17,18). The Morgan fingerprint density at radius 1 is 1.39 bits per heavy atom. The topological polar surface area (TPSA) is 66.3 Å². The molecule has 0 unspecified atom stereocenters. The molecule has 1 aliphatic rings. The molecule has 0 atom stereocenters. The summed E-state index contributed by atoms with van der Waals surface area (Å²) >= 11 is 0. The predicted molar refractivity (Wildman–Crippen MR) is 68.6 cm³/mol. The summed E-state index contributed by atoms with van der Waals surface area (Å²) in [5.74, 6) is 0.773. The van der Waals surface area contributed by atoms with Crippen LogP contribution in [0, 0.1) is 12.8 Å². The Labute approximate surface area is 107 Å².